The average molecular weight is 438 g/mol. The van der Waals surface area contributed by atoms with Crippen LogP contribution in [0.5, 0.6) is 0 Å². The second kappa shape index (κ2) is 9.28. The van der Waals surface area contributed by atoms with E-state index < -0.39 is 15.9 Å². The molecule has 2 aromatic rings. The molecule has 0 bridgehead atoms. The van der Waals surface area contributed by atoms with E-state index in [1.165, 1.54) is 12.1 Å². The molecule has 2 rings (SSSR count). The third kappa shape index (κ3) is 5.95. The highest BCUT2D eigenvalue weighted by Crippen LogP contribution is 2.24. The number of hydrogen-bond acceptors (Lipinski definition) is 4. The second-order valence-electron chi connectivity index (χ2n) is 6.53. The normalized spacial score (nSPS) is 11.1. The third-order valence-corrected chi connectivity index (χ3v) is 5.21. The first-order chi connectivity index (χ1) is 13.6. The maximum atomic E-state index is 12.6. The highest BCUT2D eigenvalue weighted by Gasteiger charge is 2.17. The fourth-order valence-electron chi connectivity index (χ4n) is 2.72. The summed E-state index contributed by atoms with van der Waals surface area (Å²) in [6.45, 7) is 6.65. The van der Waals surface area contributed by atoms with Crippen LogP contribution in [0.1, 0.15) is 40.1 Å². The van der Waals surface area contributed by atoms with Crippen LogP contribution in [-0.4, -0.2) is 44.5 Å². The summed E-state index contributed by atoms with van der Waals surface area (Å²) in [5.41, 5.74) is 2.09. The molecule has 0 saturated heterocycles. The number of aryl methyl sites for hydroxylation is 1. The zero-order valence-electron chi connectivity index (χ0n) is 16.7. The first-order valence-electron chi connectivity index (χ1n) is 9.04. The molecular formula is C20H24ClN3O4S. The summed E-state index contributed by atoms with van der Waals surface area (Å²) >= 11 is 6.25. The van der Waals surface area contributed by atoms with Gasteiger partial charge in [0.05, 0.1) is 22.5 Å². The van der Waals surface area contributed by atoms with Crippen LogP contribution in [0, 0.1) is 6.92 Å². The van der Waals surface area contributed by atoms with Crippen molar-refractivity contribution in [3.63, 3.8) is 0 Å². The van der Waals surface area contributed by atoms with Gasteiger partial charge in [0.15, 0.2) is 0 Å². The Balaban J connectivity index is 2.22. The molecule has 2 aromatic carbocycles. The molecule has 2 amide bonds. The van der Waals surface area contributed by atoms with Crippen molar-refractivity contribution in [2.75, 3.05) is 29.4 Å². The summed E-state index contributed by atoms with van der Waals surface area (Å²) < 4.78 is 25.4. The van der Waals surface area contributed by atoms with Crippen LogP contribution in [0.25, 0.3) is 0 Å². The SMILES string of the molecule is CCN(CC)C(=O)c1ccc(NC(=O)c2ccc(C)c(NS(C)(=O)=O)c2)cc1Cl. The molecule has 0 aliphatic carbocycles. The Morgan fingerprint density at radius 2 is 1.72 bits per heavy atom. The summed E-state index contributed by atoms with van der Waals surface area (Å²) in [5.74, 6) is -0.603. The number of benzene rings is 2. The number of amides is 2. The highest BCUT2D eigenvalue weighted by atomic mass is 35.5. The van der Waals surface area contributed by atoms with E-state index in [-0.39, 0.29) is 16.5 Å². The molecule has 156 valence electrons. The minimum absolute atomic E-state index is 0.173. The molecule has 0 fully saturated rings. The van der Waals surface area contributed by atoms with Crippen LogP contribution >= 0.6 is 11.6 Å². The Morgan fingerprint density at radius 1 is 1.07 bits per heavy atom. The summed E-state index contributed by atoms with van der Waals surface area (Å²) in [6, 6.07) is 9.40. The lowest BCUT2D eigenvalue weighted by atomic mass is 10.1. The van der Waals surface area contributed by atoms with Gasteiger partial charge in [-0.1, -0.05) is 17.7 Å². The van der Waals surface area contributed by atoms with Gasteiger partial charge in [0.1, 0.15) is 0 Å². The topological polar surface area (TPSA) is 95.6 Å². The van der Waals surface area contributed by atoms with Gasteiger partial charge in [0.25, 0.3) is 11.8 Å². The lowest BCUT2D eigenvalue weighted by Crippen LogP contribution is -2.30. The Hall–Kier alpha value is -2.58. The van der Waals surface area contributed by atoms with E-state index in [4.69, 9.17) is 11.6 Å². The molecule has 9 heteroatoms. The van der Waals surface area contributed by atoms with Crippen molar-refractivity contribution in [1.82, 2.24) is 4.90 Å². The van der Waals surface area contributed by atoms with Crippen LogP contribution in [0.3, 0.4) is 0 Å². The Kier molecular flexibility index (Phi) is 7.26. The molecule has 0 atom stereocenters. The minimum atomic E-state index is -3.47. The molecule has 29 heavy (non-hydrogen) atoms. The molecule has 0 aromatic heterocycles. The van der Waals surface area contributed by atoms with Gasteiger partial charge in [0.2, 0.25) is 10.0 Å². The number of carbonyl (C=O) groups is 2. The number of nitrogens with zero attached hydrogens (tertiary/aromatic N) is 1. The van der Waals surface area contributed by atoms with Crippen LogP contribution in [0.15, 0.2) is 36.4 Å². The predicted molar refractivity (Wildman–Crippen MR) is 116 cm³/mol. The van der Waals surface area contributed by atoms with E-state index in [0.717, 1.165) is 6.26 Å². The van der Waals surface area contributed by atoms with Crippen LogP contribution in [0.2, 0.25) is 5.02 Å². The second-order valence-corrected chi connectivity index (χ2v) is 8.69. The van der Waals surface area contributed by atoms with Gasteiger partial charge in [-0.2, -0.15) is 0 Å². The number of rotatable bonds is 7. The standard InChI is InChI=1S/C20H24ClN3O4S/c1-5-24(6-2)20(26)16-10-9-15(12-17(16)21)22-19(25)14-8-7-13(3)18(11-14)23-29(4,27)28/h7-12,23H,5-6H2,1-4H3,(H,22,25). The molecule has 2 N–H and O–H groups in total. The van der Waals surface area contributed by atoms with Gasteiger partial charge in [0, 0.05) is 24.3 Å². The molecule has 0 unspecified atom stereocenters. The van der Waals surface area contributed by atoms with E-state index in [9.17, 15) is 18.0 Å². The molecular weight excluding hydrogens is 414 g/mol. The number of sulfonamides is 1. The average Bonchev–Trinajstić information content (AvgIpc) is 2.63. The van der Waals surface area contributed by atoms with Crippen LogP contribution in [0.4, 0.5) is 11.4 Å². The lowest BCUT2D eigenvalue weighted by Gasteiger charge is -2.19. The van der Waals surface area contributed by atoms with Crippen LogP contribution in [-0.2, 0) is 10.0 Å². The predicted octanol–water partition coefficient (Wildman–Crippen LogP) is 3.75. The largest absolute Gasteiger partial charge is 0.339 e. The zero-order chi connectivity index (χ0) is 21.8. The van der Waals surface area contributed by atoms with Gasteiger partial charge in [-0.25, -0.2) is 8.42 Å². The van der Waals surface area contributed by atoms with Crippen LogP contribution < -0.4 is 10.0 Å². The maximum absolute atomic E-state index is 12.6. The Bertz CT molecular complexity index is 1030. The summed E-state index contributed by atoms with van der Waals surface area (Å²) in [4.78, 5) is 26.7. The fourth-order valence-corrected chi connectivity index (χ4v) is 3.60. The molecule has 0 spiro atoms. The number of halogens is 1. The first-order valence-corrected chi connectivity index (χ1v) is 11.3. The molecule has 0 aliphatic heterocycles. The third-order valence-electron chi connectivity index (χ3n) is 4.30. The smallest absolute Gasteiger partial charge is 0.255 e. The van der Waals surface area contributed by atoms with Gasteiger partial charge >= 0.3 is 0 Å². The quantitative estimate of drug-likeness (QED) is 0.689. The van der Waals surface area contributed by atoms with Gasteiger partial charge < -0.3 is 10.2 Å². The maximum Gasteiger partial charge on any atom is 0.255 e. The van der Waals surface area contributed by atoms with E-state index in [1.54, 1.807) is 36.1 Å². The Morgan fingerprint density at radius 3 is 2.28 bits per heavy atom. The fraction of sp³-hybridized carbons (Fsp3) is 0.300. The van der Waals surface area contributed by atoms with E-state index in [1.807, 2.05) is 13.8 Å². The summed E-state index contributed by atoms with van der Waals surface area (Å²) in [7, 11) is -3.47. The first kappa shape index (κ1) is 22.7. The van der Waals surface area contributed by atoms with E-state index in [2.05, 4.69) is 10.0 Å². The van der Waals surface area contributed by atoms with E-state index in [0.29, 0.717) is 35.6 Å². The number of nitrogens with one attached hydrogen (secondary N) is 2. The monoisotopic (exact) mass is 437 g/mol. The molecule has 7 nitrogen and oxygen atoms in total. The van der Waals surface area contributed by atoms with Gasteiger partial charge in [-0.05, 0) is 56.7 Å². The van der Waals surface area contributed by atoms with Crippen molar-refractivity contribution < 1.29 is 18.0 Å². The van der Waals surface area contributed by atoms with Gasteiger partial charge in [-0.3, -0.25) is 14.3 Å². The van der Waals surface area contributed by atoms with Crippen molar-refractivity contribution in [2.45, 2.75) is 20.8 Å². The molecule has 0 heterocycles. The van der Waals surface area contributed by atoms with Crippen molar-refractivity contribution in [3.05, 3.63) is 58.1 Å². The Labute approximate surface area is 176 Å². The highest BCUT2D eigenvalue weighted by molar-refractivity contribution is 7.92. The van der Waals surface area contributed by atoms with E-state index >= 15 is 0 Å². The molecule has 0 radical (unpaired) electrons. The molecule has 0 saturated carbocycles. The van der Waals surface area contributed by atoms with Gasteiger partial charge in [-0.15, -0.1) is 0 Å². The lowest BCUT2D eigenvalue weighted by molar-refractivity contribution is 0.0773. The van der Waals surface area contributed by atoms with Crippen molar-refractivity contribution >= 4 is 44.8 Å². The number of anilines is 2. The summed E-state index contributed by atoms with van der Waals surface area (Å²) in [6.07, 6.45) is 1.04. The van der Waals surface area contributed by atoms with Crippen molar-refractivity contribution in [1.29, 1.82) is 0 Å². The summed E-state index contributed by atoms with van der Waals surface area (Å²) in [5, 5.41) is 2.95. The molecule has 0 aliphatic rings. The number of carbonyl (C=O) groups excluding carboxylic acids is 2. The van der Waals surface area contributed by atoms with Crippen molar-refractivity contribution in [2.24, 2.45) is 0 Å². The van der Waals surface area contributed by atoms with Crippen molar-refractivity contribution in [3.8, 4) is 0 Å². The number of hydrogen-bond donors (Lipinski definition) is 2. The zero-order valence-corrected chi connectivity index (χ0v) is 18.3. The minimum Gasteiger partial charge on any atom is -0.339 e.